The van der Waals surface area contributed by atoms with Gasteiger partial charge in [-0.25, -0.2) is 10.0 Å². The summed E-state index contributed by atoms with van der Waals surface area (Å²) in [5, 5.41) is 79.5. The SMILES string of the molecule is O=C1NN(C2O[C@H](CO)[C@@H](O)[C@H](O)[C@H]2O)C(=O)/C1=C1/C(=O)NN(C2O[C@H](CO)[C@@H](O)[C@H](O)[C@H]2O)C1=O. The molecule has 36 heavy (non-hydrogen) atoms. The maximum Gasteiger partial charge on any atom is 0.281 e. The Kier molecular flexibility index (Phi) is 7.00. The molecule has 4 aliphatic rings. The maximum absolute atomic E-state index is 13.0. The van der Waals surface area contributed by atoms with E-state index in [2.05, 4.69) is 0 Å². The Hall–Kier alpha value is -2.78. The van der Waals surface area contributed by atoms with Crippen LogP contribution in [0.5, 0.6) is 0 Å². The normalized spacial score (nSPS) is 43.8. The lowest BCUT2D eigenvalue weighted by atomic mass is 9.97. The van der Waals surface area contributed by atoms with Crippen molar-refractivity contribution in [2.24, 2.45) is 0 Å². The monoisotopic (exact) mass is 520 g/mol. The molecule has 0 radical (unpaired) electrons. The van der Waals surface area contributed by atoms with Gasteiger partial charge in [0.05, 0.1) is 13.2 Å². The quantitative estimate of drug-likeness (QED) is 0.122. The van der Waals surface area contributed by atoms with Crippen LogP contribution < -0.4 is 10.9 Å². The van der Waals surface area contributed by atoms with E-state index in [4.69, 9.17) is 9.47 Å². The fraction of sp³-hybridized carbons (Fsp3) is 0.667. The van der Waals surface area contributed by atoms with Crippen LogP contribution in [0.1, 0.15) is 0 Å². The molecular formula is C18H24N4O14. The number of ether oxygens (including phenoxy) is 2. The Morgan fingerprint density at radius 1 is 0.583 bits per heavy atom. The van der Waals surface area contributed by atoms with Crippen molar-refractivity contribution in [1.29, 1.82) is 0 Å². The molecule has 0 aromatic heterocycles. The van der Waals surface area contributed by atoms with Gasteiger partial charge < -0.3 is 50.3 Å². The van der Waals surface area contributed by atoms with Crippen molar-refractivity contribution in [2.75, 3.05) is 13.2 Å². The van der Waals surface area contributed by atoms with E-state index in [-0.39, 0.29) is 0 Å². The highest BCUT2D eigenvalue weighted by Crippen LogP contribution is 2.30. The van der Waals surface area contributed by atoms with Gasteiger partial charge in [0.1, 0.15) is 60.0 Å². The molecule has 200 valence electrons. The van der Waals surface area contributed by atoms with Crippen molar-refractivity contribution in [3.8, 4) is 0 Å². The van der Waals surface area contributed by atoms with Gasteiger partial charge in [-0.2, -0.15) is 0 Å². The Morgan fingerprint density at radius 3 is 1.22 bits per heavy atom. The number of hydrogen-bond acceptors (Lipinski definition) is 14. The second-order valence-corrected chi connectivity index (χ2v) is 8.42. The average molecular weight is 520 g/mol. The van der Waals surface area contributed by atoms with Gasteiger partial charge in [-0.3, -0.25) is 30.0 Å². The first-order valence-electron chi connectivity index (χ1n) is 10.6. The van der Waals surface area contributed by atoms with E-state index >= 15 is 0 Å². The number of carbonyl (C=O) groups excluding carboxylic acids is 4. The minimum Gasteiger partial charge on any atom is -0.394 e. The third-order valence-electron chi connectivity index (χ3n) is 6.26. The highest BCUT2D eigenvalue weighted by atomic mass is 16.6. The van der Waals surface area contributed by atoms with Crippen LogP contribution >= 0.6 is 0 Å². The van der Waals surface area contributed by atoms with Gasteiger partial charge >= 0.3 is 0 Å². The smallest absolute Gasteiger partial charge is 0.281 e. The zero-order valence-corrected chi connectivity index (χ0v) is 18.1. The number of amides is 4. The first-order chi connectivity index (χ1) is 16.9. The number of carbonyl (C=O) groups is 4. The summed E-state index contributed by atoms with van der Waals surface area (Å²) >= 11 is 0. The van der Waals surface area contributed by atoms with Crippen molar-refractivity contribution in [3.63, 3.8) is 0 Å². The molecule has 4 amide bonds. The molecule has 4 rings (SSSR count). The lowest BCUT2D eigenvalue weighted by molar-refractivity contribution is -0.265. The zero-order chi connectivity index (χ0) is 26.6. The minimum absolute atomic E-state index is 0.365. The number of aliphatic hydroxyl groups is 8. The van der Waals surface area contributed by atoms with E-state index in [1.807, 2.05) is 10.9 Å². The predicted octanol–water partition coefficient (Wildman–Crippen LogP) is -8.37. The van der Waals surface area contributed by atoms with Crippen molar-refractivity contribution >= 4 is 23.6 Å². The summed E-state index contributed by atoms with van der Waals surface area (Å²) in [6, 6.07) is 0. The summed E-state index contributed by atoms with van der Waals surface area (Å²) in [7, 11) is 0. The molecule has 10 atom stereocenters. The Morgan fingerprint density at radius 2 is 0.917 bits per heavy atom. The Bertz CT molecular complexity index is 911. The third-order valence-corrected chi connectivity index (χ3v) is 6.26. The summed E-state index contributed by atoms with van der Waals surface area (Å²) in [5.41, 5.74) is 1.92. The molecule has 0 aromatic carbocycles. The van der Waals surface area contributed by atoms with Gasteiger partial charge in [0.2, 0.25) is 0 Å². The van der Waals surface area contributed by atoms with Gasteiger partial charge in [-0.1, -0.05) is 0 Å². The number of nitrogens with zero attached hydrogens (tertiary/aromatic N) is 2. The lowest BCUT2D eigenvalue weighted by Gasteiger charge is -2.42. The number of hydrazine groups is 2. The van der Waals surface area contributed by atoms with Crippen LogP contribution in [0.4, 0.5) is 0 Å². The molecule has 18 heteroatoms. The van der Waals surface area contributed by atoms with Crippen molar-refractivity contribution in [3.05, 3.63) is 11.1 Å². The van der Waals surface area contributed by atoms with Crippen molar-refractivity contribution in [1.82, 2.24) is 20.9 Å². The van der Waals surface area contributed by atoms with E-state index in [1.165, 1.54) is 0 Å². The standard InChI is InChI=1S/C18H24N4O14/c23-1-3-7(25)9(27)11(29)17(35-3)21-15(33)5(13(31)19-21)6-14(32)20-22(16(6)34)18-12(30)10(28)8(26)4(2-24)36-18/h3-4,7-12,17-18,23-30H,1-2H2,(H,19,31)(H,20,32)/b6-5-/t3-,4-,7-,8-,9+,10+,11-,12-,17?,18?/m1/s1. The van der Waals surface area contributed by atoms with Crippen LogP contribution in [-0.2, 0) is 28.7 Å². The average Bonchev–Trinajstić information content (AvgIpc) is 3.29. The molecule has 0 spiro atoms. The lowest BCUT2D eigenvalue weighted by Crippen LogP contribution is -2.65. The second-order valence-electron chi connectivity index (χ2n) is 8.42. The van der Waals surface area contributed by atoms with Crippen LogP contribution in [-0.4, -0.2) is 149 Å². The summed E-state index contributed by atoms with van der Waals surface area (Å²) in [5.74, 6) is -5.27. The molecule has 10 N–H and O–H groups in total. The van der Waals surface area contributed by atoms with Gasteiger partial charge in [-0.05, 0) is 0 Å². The minimum atomic E-state index is -1.98. The highest BCUT2D eigenvalue weighted by molar-refractivity contribution is 6.35. The molecule has 4 fully saturated rings. The summed E-state index contributed by atoms with van der Waals surface area (Å²) in [4.78, 5) is 51.2. The summed E-state index contributed by atoms with van der Waals surface area (Å²) in [6.45, 7) is -1.67. The van der Waals surface area contributed by atoms with Crippen LogP contribution in [0.25, 0.3) is 0 Å². The first kappa shape index (κ1) is 26.3. The third kappa shape index (κ3) is 3.93. The van der Waals surface area contributed by atoms with Crippen molar-refractivity contribution in [2.45, 2.75) is 61.3 Å². The Labute approximate surface area is 200 Å². The summed E-state index contributed by atoms with van der Waals surface area (Å²) in [6.07, 6.45) is -17.8. The Balaban J connectivity index is 1.62. The van der Waals surface area contributed by atoms with Gasteiger partial charge in [0.15, 0.2) is 12.5 Å². The number of hydrogen-bond donors (Lipinski definition) is 10. The highest BCUT2D eigenvalue weighted by Gasteiger charge is 2.55. The predicted molar refractivity (Wildman–Crippen MR) is 105 cm³/mol. The van der Waals surface area contributed by atoms with E-state index in [9.17, 15) is 60.0 Å². The topological polar surface area (TPSA) is 279 Å². The fourth-order valence-electron chi connectivity index (χ4n) is 4.26. The second kappa shape index (κ2) is 9.59. The molecule has 4 heterocycles. The molecule has 0 saturated carbocycles. The van der Waals surface area contributed by atoms with Gasteiger partial charge in [0, 0.05) is 0 Å². The van der Waals surface area contributed by atoms with Gasteiger partial charge in [0.25, 0.3) is 23.6 Å². The zero-order valence-electron chi connectivity index (χ0n) is 18.1. The first-order valence-corrected chi connectivity index (χ1v) is 10.6. The molecule has 0 bridgehead atoms. The fourth-order valence-corrected chi connectivity index (χ4v) is 4.26. The van der Waals surface area contributed by atoms with E-state index in [1.54, 1.807) is 0 Å². The molecule has 2 unspecified atom stereocenters. The van der Waals surface area contributed by atoms with Crippen LogP contribution in [0.2, 0.25) is 0 Å². The van der Waals surface area contributed by atoms with Gasteiger partial charge in [-0.15, -0.1) is 0 Å². The molecule has 0 aromatic rings. The molecule has 0 aliphatic carbocycles. The van der Waals surface area contributed by atoms with Crippen LogP contribution in [0.15, 0.2) is 11.1 Å². The number of nitrogens with one attached hydrogen (secondary N) is 2. The number of rotatable bonds is 4. The van der Waals surface area contributed by atoms with E-state index < -0.39 is 109 Å². The molecular weight excluding hydrogens is 496 g/mol. The molecule has 18 nitrogen and oxygen atoms in total. The summed E-state index contributed by atoms with van der Waals surface area (Å²) < 4.78 is 10.4. The van der Waals surface area contributed by atoms with Crippen LogP contribution in [0, 0.1) is 0 Å². The van der Waals surface area contributed by atoms with Crippen molar-refractivity contribution < 1.29 is 69.5 Å². The molecule has 4 aliphatic heterocycles. The maximum atomic E-state index is 13.0. The number of aliphatic hydroxyl groups excluding tert-OH is 8. The van der Waals surface area contributed by atoms with E-state index in [0.29, 0.717) is 10.0 Å². The molecule has 4 saturated heterocycles. The van der Waals surface area contributed by atoms with E-state index in [0.717, 1.165) is 0 Å². The largest absolute Gasteiger partial charge is 0.394 e. The van der Waals surface area contributed by atoms with Crippen LogP contribution in [0.3, 0.4) is 0 Å².